The lowest BCUT2D eigenvalue weighted by molar-refractivity contribution is -0.139. The third-order valence-corrected chi connectivity index (χ3v) is 6.44. The summed E-state index contributed by atoms with van der Waals surface area (Å²) in [6, 6.07) is -6.77. The molecule has 18 nitrogen and oxygen atoms in total. The molecule has 43 heavy (non-hydrogen) atoms. The molecule has 246 valence electrons. The fraction of sp³-hybridized carbons (Fsp3) is 0.708. The molecule has 0 aromatic carbocycles. The Balaban J connectivity index is 5.31. The van der Waals surface area contributed by atoms with Crippen LogP contribution >= 0.6 is 11.8 Å². The molecule has 6 amide bonds. The molecule has 0 radical (unpaired) electrons. The maximum atomic E-state index is 13.0. The minimum absolute atomic E-state index is 0.0885. The van der Waals surface area contributed by atoms with Gasteiger partial charge in [-0.1, -0.05) is 13.8 Å². The Kier molecular flexibility index (Phi) is 18.7. The molecule has 0 aliphatic rings. The third-order valence-electron chi connectivity index (χ3n) is 5.80. The Morgan fingerprint density at radius 1 is 0.721 bits per heavy atom. The Morgan fingerprint density at radius 2 is 1.23 bits per heavy atom. The van der Waals surface area contributed by atoms with E-state index in [9.17, 15) is 48.9 Å². The second-order valence-corrected chi connectivity index (χ2v) is 10.7. The highest BCUT2D eigenvalue weighted by Gasteiger charge is 2.31. The van der Waals surface area contributed by atoms with E-state index in [0.29, 0.717) is 5.75 Å². The normalized spacial score (nSPS) is 15.1. The summed E-state index contributed by atoms with van der Waals surface area (Å²) in [7, 11) is 0. The topological polar surface area (TPSA) is 299 Å². The van der Waals surface area contributed by atoms with Crippen molar-refractivity contribution in [3.05, 3.63) is 0 Å². The number of aliphatic carboxylic acids is 1. The minimum Gasteiger partial charge on any atom is -0.480 e. The highest BCUT2D eigenvalue weighted by Crippen LogP contribution is 2.05. The highest BCUT2D eigenvalue weighted by atomic mass is 32.2. The van der Waals surface area contributed by atoms with Crippen LogP contribution in [0, 0.1) is 5.92 Å². The molecule has 0 saturated carbocycles. The minimum atomic E-state index is -1.53. The number of thioether (sulfide) groups is 1. The molecule has 0 aromatic heterocycles. The van der Waals surface area contributed by atoms with Crippen molar-refractivity contribution in [2.45, 2.75) is 63.5 Å². The van der Waals surface area contributed by atoms with Gasteiger partial charge in [-0.05, 0) is 31.3 Å². The van der Waals surface area contributed by atoms with E-state index in [1.54, 1.807) is 20.1 Å². The summed E-state index contributed by atoms with van der Waals surface area (Å²) >= 11 is 1.35. The Morgan fingerprint density at radius 3 is 1.72 bits per heavy atom. The smallest absolute Gasteiger partial charge is 0.322 e. The predicted octanol–water partition coefficient (Wildman–Crippen LogP) is -5.66. The second-order valence-electron chi connectivity index (χ2n) is 9.72. The van der Waals surface area contributed by atoms with Gasteiger partial charge in [0, 0.05) is 0 Å². The lowest BCUT2D eigenvalue weighted by Gasteiger charge is -2.26. The molecule has 6 atom stereocenters. The number of aliphatic hydroxyl groups is 3. The van der Waals surface area contributed by atoms with Crippen molar-refractivity contribution in [2.75, 3.05) is 38.3 Å². The summed E-state index contributed by atoms with van der Waals surface area (Å²) in [5.41, 5.74) is 5.49. The van der Waals surface area contributed by atoms with Crippen molar-refractivity contribution in [2.24, 2.45) is 11.7 Å². The van der Waals surface area contributed by atoms with E-state index in [0.717, 1.165) is 0 Å². The molecule has 0 unspecified atom stereocenters. The molecule has 0 heterocycles. The van der Waals surface area contributed by atoms with Crippen LogP contribution in [-0.4, -0.2) is 136 Å². The largest absolute Gasteiger partial charge is 0.480 e. The van der Waals surface area contributed by atoms with Crippen LogP contribution in [0.15, 0.2) is 0 Å². The molecule has 0 aromatic rings. The van der Waals surface area contributed by atoms with E-state index >= 15 is 0 Å². The van der Waals surface area contributed by atoms with E-state index in [-0.39, 0.29) is 6.42 Å². The highest BCUT2D eigenvalue weighted by molar-refractivity contribution is 7.98. The number of nitrogens with one attached hydrogen (secondary N) is 6. The summed E-state index contributed by atoms with van der Waals surface area (Å²) in [5.74, 6) is -6.65. The molecule has 0 aliphatic carbocycles. The molecule has 0 spiro atoms. The number of carbonyl (C=O) groups excluding carboxylic acids is 6. The number of carboxylic acids is 1. The number of carbonyl (C=O) groups is 7. The summed E-state index contributed by atoms with van der Waals surface area (Å²) in [6.45, 7) is 1.38. The van der Waals surface area contributed by atoms with Gasteiger partial charge in [0.1, 0.15) is 36.8 Å². The Hall–Kier alpha value is -3.52. The summed E-state index contributed by atoms with van der Waals surface area (Å²) in [4.78, 5) is 85.6. The van der Waals surface area contributed by atoms with Crippen LogP contribution in [-0.2, 0) is 33.6 Å². The van der Waals surface area contributed by atoms with Crippen molar-refractivity contribution in [3.63, 3.8) is 0 Å². The maximum Gasteiger partial charge on any atom is 0.322 e. The van der Waals surface area contributed by atoms with Crippen LogP contribution < -0.4 is 37.6 Å². The summed E-state index contributed by atoms with van der Waals surface area (Å²) in [5, 5.41) is 50.8. The molecule has 19 heteroatoms. The van der Waals surface area contributed by atoms with Gasteiger partial charge in [0.05, 0.1) is 25.9 Å². The first-order valence-corrected chi connectivity index (χ1v) is 14.6. The lowest BCUT2D eigenvalue weighted by atomic mass is 10.0. The van der Waals surface area contributed by atoms with Crippen LogP contribution in [0.2, 0.25) is 0 Å². The van der Waals surface area contributed by atoms with Gasteiger partial charge in [0.15, 0.2) is 0 Å². The zero-order valence-electron chi connectivity index (χ0n) is 24.4. The van der Waals surface area contributed by atoms with E-state index in [1.165, 1.54) is 18.7 Å². The summed E-state index contributed by atoms with van der Waals surface area (Å²) < 4.78 is 0. The van der Waals surface area contributed by atoms with Crippen molar-refractivity contribution in [3.8, 4) is 0 Å². The van der Waals surface area contributed by atoms with Gasteiger partial charge in [0.2, 0.25) is 35.4 Å². The maximum absolute atomic E-state index is 13.0. The molecule has 0 rings (SSSR count). The van der Waals surface area contributed by atoms with Crippen LogP contribution in [0.5, 0.6) is 0 Å². The first kappa shape index (κ1) is 39.5. The molecule has 0 fully saturated rings. The number of aliphatic hydroxyl groups excluding tert-OH is 3. The van der Waals surface area contributed by atoms with E-state index in [2.05, 4.69) is 31.9 Å². The molecular formula is C24H43N7O11S. The average molecular weight is 638 g/mol. The first-order valence-electron chi connectivity index (χ1n) is 13.2. The van der Waals surface area contributed by atoms with E-state index < -0.39 is 110 Å². The number of nitrogens with two attached hydrogens (primary N) is 1. The number of hydrogen-bond acceptors (Lipinski definition) is 12. The Labute approximate surface area is 252 Å². The van der Waals surface area contributed by atoms with E-state index in [4.69, 9.17) is 10.8 Å². The van der Waals surface area contributed by atoms with Crippen molar-refractivity contribution >= 4 is 53.2 Å². The van der Waals surface area contributed by atoms with Crippen LogP contribution in [0.1, 0.15) is 27.2 Å². The van der Waals surface area contributed by atoms with Crippen LogP contribution in [0.25, 0.3) is 0 Å². The lowest BCUT2D eigenvalue weighted by Crippen LogP contribution is -2.59. The quantitative estimate of drug-likeness (QED) is 0.0594. The van der Waals surface area contributed by atoms with Crippen LogP contribution in [0.3, 0.4) is 0 Å². The molecule has 0 bridgehead atoms. The molecule has 12 N–H and O–H groups in total. The fourth-order valence-corrected chi connectivity index (χ4v) is 3.72. The zero-order valence-corrected chi connectivity index (χ0v) is 25.2. The van der Waals surface area contributed by atoms with Gasteiger partial charge in [-0.3, -0.25) is 33.6 Å². The van der Waals surface area contributed by atoms with Gasteiger partial charge in [-0.2, -0.15) is 11.8 Å². The van der Waals surface area contributed by atoms with Crippen molar-refractivity contribution in [1.29, 1.82) is 0 Å². The van der Waals surface area contributed by atoms with Gasteiger partial charge >= 0.3 is 5.97 Å². The average Bonchev–Trinajstić information content (AvgIpc) is 2.95. The SMILES string of the molecule is CSCC[C@H](NC(=O)CNC(=O)[C@H](CO)NC(=O)[C@@H](N)[C@@H](C)O)C(=O)N[C@@H](CO)C(=O)N[C@H](C(=O)NCC(=O)O)C(C)C. The molecular weight excluding hydrogens is 594 g/mol. The number of rotatable bonds is 20. The summed E-state index contributed by atoms with van der Waals surface area (Å²) in [6.07, 6.45) is 0.606. The monoisotopic (exact) mass is 637 g/mol. The van der Waals surface area contributed by atoms with Crippen LogP contribution in [0.4, 0.5) is 0 Å². The third kappa shape index (κ3) is 15.0. The van der Waals surface area contributed by atoms with Gasteiger partial charge in [-0.15, -0.1) is 0 Å². The number of amides is 6. The predicted molar refractivity (Wildman–Crippen MR) is 153 cm³/mol. The van der Waals surface area contributed by atoms with Gasteiger partial charge in [-0.25, -0.2) is 0 Å². The fourth-order valence-electron chi connectivity index (χ4n) is 3.25. The van der Waals surface area contributed by atoms with Gasteiger partial charge in [0.25, 0.3) is 0 Å². The zero-order chi connectivity index (χ0) is 33.3. The van der Waals surface area contributed by atoms with Crippen molar-refractivity contribution < 1.29 is 54.0 Å². The first-order chi connectivity index (χ1) is 20.1. The van der Waals surface area contributed by atoms with E-state index in [1.807, 2.05) is 0 Å². The number of hydrogen-bond donors (Lipinski definition) is 11. The Bertz CT molecular complexity index is 983. The molecule has 0 saturated heterocycles. The number of carboxylic acid groups (broad SMARTS) is 1. The van der Waals surface area contributed by atoms with Gasteiger partial charge < -0.3 is 58.1 Å². The molecule has 0 aliphatic heterocycles. The standard InChI is InChI=1S/C24H43N7O11S/c1-11(2)19(24(42)27-8-17(36)37)31-22(40)15(10-33)29-21(39)13(5-6-43-4)28-16(35)7-26-20(38)14(9-32)30-23(41)18(25)12(3)34/h11-15,18-19,32-34H,5-10,25H2,1-4H3,(H,26,38)(H,27,42)(H,28,35)(H,29,39)(H,30,41)(H,31,40)(H,36,37)/t12-,13+,14+,15+,18+,19+/m1/s1. The van der Waals surface area contributed by atoms with Crippen molar-refractivity contribution in [1.82, 2.24) is 31.9 Å². The second kappa shape index (κ2) is 20.4.